The molecule has 0 spiro atoms. The summed E-state index contributed by atoms with van der Waals surface area (Å²) in [5.74, 6) is -0.390. The van der Waals surface area contributed by atoms with Crippen molar-refractivity contribution in [2.75, 3.05) is 12.3 Å². The lowest BCUT2D eigenvalue weighted by Gasteiger charge is -1.99. The number of aromatic nitrogens is 3. The molecule has 3 N–H and O–H groups in total. The maximum atomic E-state index is 11.9. The van der Waals surface area contributed by atoms with Crippen LogP contribution in [0, 0.1) is 0 Å². The normalized spacial score (nSPS) is 11.7. The number of anilines is 1. The van der Waals surface area contributed by atoms with Crippen molar-refractivity contribution in [3.63, 3.8) is 0 Å². The molecule has 0 saturated carbocycles. The second-order valence-electron chi connectivity index (χ2n) is 4.64. The summed E-state index contributed by atoms with van der Waals surface area (Å²) in [4.78, 5) is 17.7. The van der Waals surface area contributed by atoms with Gasteiger partial charge in [-0.25, -0.2) is 14.3 Å². The van der Waals surface area contributed by atoms with Gasteiger partial charge in [-0.1, -0.05) is 12.1 Å². The van der Waals surface area contributed by atoms with Crippen molar-refractivity contribution in [3.8, 4) is 0 Å². The van der Waals surface area contributed by atoms with Crippen LogP contribution in [-0.2, 0) is 4.74 Å². The number of thiophene rings is 1. The molecule has 0 aliphatic rings. The van der Waals surface area contributed by atoms with Gasteiger partial charge in [-0.15, -0.1) is 11.3 Å². The fourth-order valence-electron chi connectivity index (χ4n) is 2.50. The monoisotopic (exact) mass is 300 g/mol. The van der Waals surface area contributed by atoms with Gasteiger partial charge in [0.2, 0.25) is 0 Å². The molecule has 106 valence electrons. The number of fused-ring (bicyclic) bond motifs is 5. The predicted molar refractivity (Wildman–Crippen MR) is 82.8 cm³/mol. The number of rotatable bonds is 2. The van der Waals surface area contributed by atoms with Crippen LogP contribution in [0.1, 0.15) is 16.6 Å². The molecule has 0 unspecified atom stereocenters. The smallest absolute Gasteiger partial charge is 0.350 e. The molecule has 0 atom stereocenters. The topological polar surface area (TPSA) is 85.4 Å². The minimum Gasteiger partial charge on any atom is -0.462 e. The number of aromatic amines is 1. The zero-order chi connectivity index (χ0) is 14.6. The number of nitrogens with one attached hydrogen (secondary N) is 1. The second kappa shape index (κ2) is 4.23. The van der Waals surface area contributed by atoms with E-state index in [2.05, 4.69) is 10.1 Å². The molecular formula is C14H12N4O2S. The second-order valence-corrected chi connectivity index (χ2v) is 5.66. The van der Waals surface area contributed by atoms with E-state index in [4.69, 9.17) is 10.5 Å². The summed E-state index contributed by atoms with van der Waals surface area (Å²) < 4.78 is 6.92. The third-order valence-corrected chi connectivity index (χ3v) is 4.49. The highest BCUT2D eigenvalue weighted by atomic mass is 32.1. The molecule has 7 heteroatoms. The Kier molecular flexibility index (Phi) is 2.46. The highest BCUT2D eigenvalue weighted by molar-refractivity contribution is 7.21. The number of para-hydroxylation sites is 2. The van der Waals surface area contributed by atoms with Gasteiger partial charge >= 0.3 is 5.97 Å². The molecule has 0 amide bonds. The number of nitrogens with two attached hydrogens (primary N) is 1. The highest BCUT2D eigenvalue weighted by Gasteiger charge is 2.22. The summed E-state index contributed by atoms with van der Waals surface area (Å²) in [7, 11) is 0. The van der Waals surface area contributed by atoms with E-state index in [1.807, 2.05) is 28.8 Å². The van der Waals surface area contributed by atoms with Gasteiger partial charge in [-0.2, -0.15) is 0 Å². The molecule has 6 nitrogen and oxygen atoms in total. The number of imidazole rings is 1. The van der Waals surface area contributed by atoms with Crippen LogP contribution in [-0.4, -0.2) is 27.2 Å². The Labute approximate surface area is 123 Å². The molecule has 4 aromatic rings. The van der Waals surface area contributed by atoms with Crippen LogP contribution >= 0.6 is 11.3 Å². The van der Waals surface area contributed by atoms with E-state index in [0.717, 1.165) is 26.9 Å². The molecule has 21 heavy (non-hydrogen) atoms. The SMILES string of the molecule is CCOC(=O)c1sc2[nH]n3c4ccccc4nc3c2c1N. The van der Waals surface area contributed by atoms with Gasteiger partial charge in [-0.05, 0) is 19.1 Å². The molecular weight excluding hydrogens is 288 g/mol. The first kappa shape index (κ1) is 12.2. The average molecular weight is 300 g/mol. The Morgan fingerprint density at radius 1 is 1.48 bits per heavy atom. The van der Waals surface area contributed by atoms with E-state index in [1.165, 1.54) is 11.3 Å². The van der Waals surface area contributed by atoms with Crippen molar-refractivity contribution in [3.05, 3.63) is 29.1 Å². The van der Waals surface area contributed by atoms with Crippen molar-refractivity contribution in [2.45, 2.75) is 6.92 Å². The quantitative estimate of drug-likeness (QED) is 0.557. The number of hydrogen-bond donors (Lipinski definition) is 2. The minimum atomic E-state index is -0.390. The van der Waals surface area contributed by atoms with Gasteiger partial charge in [0, 0.05) is 0 Å². The third kappa shape index (κ3) is 1.58. The first-order chi connectivity index (χ1) is 10.2. The number of hydrogen-bond acceptors (Lipinski definition) is 5. The molecule has 3 heterocycles. The molecule has 4 rings (SSSR count). The summed E-state index contributed by atoms with van der Waals surface area (Å²) in [5, 5.41) is 4.02. The predicted octanol–water partition coefficient (Wildman–Crippen LogP) is 2.79. The van der Waals surface area contributed by atoms with Crippen LogP contribution in [0.2, 0.25) is 0 Å². The Morgan fingerprint density at radius 3 is 3.10 bits per heavy atom. The van der Waals surface area contributed by atoms with E-state index in [-0.39, 0.29) is 5.97 Å². The fraction of sp³-hybridized carbons (Fsp3) is 0.143. The third-order valence-electron chi connectivity index (χ3n) is 3.40. The maximum absolute atomic E-state index is 11.9. The van der Waals surface area contributed by atoms with Crippen molar-refractivity contribution in [1.29, 1.82) is 0 Å². The molecule has 0 bridgehead atoms. The molecule has 3 aromatic heterocycles. The molecule has 0 aliphatic carbocycles. The Balaban J connectivity index is 2.04. The Morgan fingerprint density at radius 2 is 2.29 bits per heavy atom. The molecule has 1 aromatic carbocycles. The number of benzene rings is 1. The summed E-state index contributed by atoms with van der Waals surface area (Å²) >= 11 is 1.29. The highest BCUT2D eigenvalue weighted by Crippen LogP contribution is 2.37. The van der Waals surface area contributed by atoms with Crippen molar-refractivity contribution < 1.29 is 9.53 Å². The average Bonchev–Trinajstić information content (AvgIpc) is 3.08. The maximum Gasteiger partial charge on any atom is 0.350 e. The standard InChI is InChI=1S/C14H12N4O2S/c1-2-20-14(19)11-10(15)9-12-16-7-5-3-4-6-8(7)18(12)17-13(9)21-11/h3-6,17H,2,15H2,1H3. The Bertz CT molecular complexity index is 995. The lowest BCUT2D eigenvalue weighted by Crippen LogP contribution is -2.04. The zero-order valence-corrected chi connectivity index (χ0v) is 12.0. The van der Waals surface area contributed by atoms with Crippen LogP contribution in [0.5, 0.6) is 0 Å². The lowest BCUT2D eigenvalue weighted by atomic mass is 10.3. The molecule has 0 saturated heterocycles. The van der Waals surface area contributed by atoms with E-state index in [0.29, 0.717) is 17.2 Å². The van der Waals surface area contributed by atoms with E-state index in [9.17, 15) is 4.79 Å². The van der Waals surface area contributed by atoms with Crippen LogP contribution in [0.25, 0.3) is 26.9 Å². The van der Waals surface area contributed by atoms with E-state index >= 15 is 0 Å². The van der Waals surface area contributed by atoms with Gasteiger partial charge < -0.3 is 10.5 Å². The van der Waals surface area contributed by atoms with Crippen LogP contribution in [0.3, 0.4) is 0 Å². The fourth-order valence-corrected chi connectivity index (χ4v) is 3.50. The lowest BCUT2D eigenvalue weighted by molar-refractivity contribution is 0.0533. The number of carbonyl (C=O) groups is 1. The van der Waals surface area contributed by atoms with E-state index in [1.54, 1.807) is 6.92 Å². The first-order valence-corrected chi connectivity index (χ1v) is 7.36. The van der Waals surface area contributed by atoms with Gasteiger partial charge in [0.25, 0.3) is 0 Å². The van der Waals surface area contributed by atoms with Crippen molar-refractivity contribution >= 4 is 49.9 Å². The summed E-state index contributed by atoms with van der Waals surface area (Å²) in [6.45, 7) is 2.10. The number of carbonyl (C=O) groups excluding carboxylic acids is 1. The van der Waals surface area contributed by atoms with Crippen molar-refractivity contribution in [1.82, 2.24) is 14.6 Å². The minimum absolute atomic E-state index is 0.326. The van der Waals surface area contributed by atoms with Crippen LogP contribution < -0.4 is 5.73 Å². The van der Waals surface area contributed by atoms with E-state index < -0.39 is 0 Å². The number of H-pyrrole nitrogens is 1. The number of nitrogen functional groups attached to an aromatic ring is 1. The number of nitrogens with zero attached hydrogens (tertiary/aromatic N) is 2. The van der Waals surface area contributed by atoms with Gasteiger partial charge in [0.15, 0.2) is 5.65 Å². The summed E-state index contributed by atoms with van der Waals surface area (Å²) in [6, 6.07) is 7.82. The molecule has 0 radical (unpaired) electrons. The first-order valence-electron chi connectivity index (χ1n) is 6.55. The zero-order valence-electron chi connectivity index (χ0n) is 11.2. The number of esters is 1. The van der Waals surface area contributed by atoms with Crippen molar-refractivity contribution in [2.24, 2.45) is 0 Å². The Hall–Kier alpha value is -2.54. The largest absolute Gasteiger partial charge is 0.462 e. The van der Waals surface area contributed by atoms with Gasteiger partial charge in [0.05, 0.1) is 28.7 Å². The van der Waals surface area contributed by atoms with Crippen LogP contribution in [0.4, 0.5) is 5.69 Å². The summed E-state index contributed by atoms with van der Waals surface area (Å²) in [5.41, 5.74) is 9.16. The van der Waals surface area contributed by atoms with Gasteiger partial charge in [0.1, 0.15) is 9.71 Å². The molecule has 0 fully saturated rings. The summed E-state index contributed by atoms with van der Waals surface area (Å²) in [6.07, 6.45) is 0. The molecule has 0 aliphatic heterocycles. The van der Waals surface area contributed by atoms with Crippen LogP contribution in [0.15, 0.2) is 24.3 Å². The van der Waals surface area contributed by atoms with Gasteiger partial charge in [-0.3, -0.25) is 5.10 Å². The number of ether oxygens (including phenoxy) is 1.